The second-order valence-corrected chi connectivity index (χ2v) is 5.95. The molecule has 0 spiro atoms. The number of benzene rings is 1. The molecule has 0 aliphatic rings. The van der Waals surface area contributed by atoms with Crippen molar-refractivity contribution in [3.63, 3.8) is 0 Å². The van der Waals surface area contributed by atoms with Gasteiger partial charge < -0.3 is 10.4 Å². The summed E-state index contributed by atoms with van der Waals surface area (Å²) >= 11 is 0. The maximum absolute atomic E-state index is 12.0. The van der Waals surface area contributed by atoms with Crippen molar-refractivity contribution in [3.05, 3.63) is 53.9 Å². The van der Waals surface area contributed by atoms with Crippen LogP contribution in [0.4, 0.5) is 5.69 Å². The topological polar surface area (TPSA) is 122 Å². The maximum Gasteiger partial charge on any atom is 0.278 e. The minimum absolute atomic E-state index is 0.116. The van der Waals surface area contributed by atoms with Crippen molar-refractivity contribution < 1.29 is 18.3 Å². The van der Waals surface area contributed by atoms with Crippen molar-refractivity contribution in [1.82, 2.24) is 4.98 Å². The number of nitrogens with zero attached hydrogens (tertiary/aromatic N) is 1. The number of carbonyl (C=O) groups is 1. The molecule has 0 radical (unpaired) electrons. The molecule has 1 aromatic carbocycles. The van der Waals surface area contributed by atoms with Crippen LogP contribution in [-0.4, -0.2) is 24.4 Å². The minimum atomic E-state index is -3.65. The molecular formula is C13H13N3O4S. The average molecular weight is 307 g/mol. The molecule has 1 aromatic heterocycles. The molecule has 8 heteroatoms. The number of nitrogens with one attached hydrogen (secondary N) is 1. The number of sulfonamides is 1. The highest BCUT2D eigenvalue weighted by molar-refractivity contribution is 7.88. The molecule has 0 aliphatic carbocycles. The van der Waals surface area contributed by atoms with Crippen molar-refractivity contribution in [2.75, 3.05) is 5.32 Å². The van der Waals surface area contributed by atoms with Crippen LogP contribution >= 0.6 is 0 Å². The lowest BCUT2D eigenvalue weighted by Gasteiger charge is -2.07. The van der Waals surface area contributed by atoms with Crippen LogP contribution < -0.4 is 10.5 Å². The average Bonchev–Trinajstić information content (AvgIpc) is 2.37. The van der Waals surface area contributed by atoms with Gasteiger partial charge in [-0.2, -0.15) is 0 Å². The summed E-state index contributed by atoms with van der Waals surface area (Å²) in [6, 6.07) is 9.09. The number of nitrogens with two attached hydrogens (primary N) is 1. The van der Waals surface area contributed by atoms with E-state index >= 15 is 0 Å². The zero-order valence-electron chi connectivity index (χ0n) is 10.9. The summed E-state index contributed by atoms with van der Waals surface area (Å²) < 4.78 is 22.1. The number of aromatic nitrogens is 1. The Balaban J connectivity index is 2.19. The van der Waals surface area contributed by atoms with Crippen LogP contribution in [0.15, 0.2) is 42.6 Å². The highest BCUT2D eigenvalue weighted by Crippen LogP contribution is 2.17. The molecule has 21 heavy (non-hydrogen) atoms. The molecule has 2 aromatic rings. The summed E-state index contributed by atoms with van der Waals surface area (Å²) in [6.07, 6.45) is 1.38. The molecule has 0 atom stereocenters. The van der Waals surface area contributed by atoms with E-state index in [2.05, 4.69) is 10.3 Å². The number of hydrogen-bond acceptors (Lipinski definition) is 5. The van der Waals surface area contributed by atoms with Gasteiger partial charge in [0.1, 0.15) is 5.75 Å². The fourth-order valence-corrected chi connectivity index (χ4v) is 2.38. The molecule has 2 rings (SSSR count). The van der Waals surface area contributed by atoms with Crippen LogP contribution in [0.2, 0.25) is 0 Å². The second-order valence-electron chi connectivity index (χ2n) is 4.33. The van der Waals surface area contributed by atoms with Gasteiger partial charge in [0.05, 0.1) is 5.75 Å². The predicted molar refractivity (Wildman–Crippen MR) is 77.1 cm³/mol. The Hall–Kier alpha value is -2.45. The lowest BCUT2D eigenvalue weighted by atomic mass is 10.2. The van der Waals surface area contributed by atoms with E-state index in [0.717, 1.165) is 0 Å². The zero-order valence-corrected chi connectivity index (χ0v) is 11.7. The van der Waals surface area contributed by atoms with Crippen LogP contribution in [0, 0.1) is 0 Å². The monoisotopic (exact) mass is 307 g/mol. The minimum Gasteiger partial charge on any atom is -0.505 e. The molecule has 0 fully saturated rings. The second kappa shape index (κ2) is 5.90. The largest absolute Gasteiger partial charge is 0.505 e. The van der Waals surface area contributed by atoms with E-state index in [1.165, 1.54) is 24.4 Å². The quantitative estimate of drug-likeness (QED) is 0.772. The number of anilines is 1. The first-order valence-electron chi connectivity index (χ1n) is 5.90. The molecule has 1 heterocycles. The number of carbonyl (C=O) groups excluding carboxylic acids is 1. The highest BCUT2D eigenvalue weighted by atomic mass is 32.2. The van der Waals surface area contributed by atoms with Crippen LogP contribution in [0.1, 0.15) is 16.1 Å². The summed E-state index contributed by atoms with van der Waals surface area (Å²) in [5.74, 6) is -1.16. The third kappa shape index (κ3) is 4.26. The normalized spacial score (nSPS) is 11.1. The summed E-state index contributed by atoms with van der Waals surface area (Å²) in [5.41, 5.74) is 0.709. The molecular weight excluding hydrogens is 294 g/mol. The van der Waals surface area contributed by atoms with Gasteiger partial charge in [0.2, 0.25) is 10.0 Å². The predicted octanol–water partition coefficient (Wildman–Crippen LogP) is 0.828. The summed E-state index contributed by atoms with van der Waals surface area (Å²) in [6.45, 7) is 0. The Morgan fingerprint density at radius 1 is 1.29 bits per heavy atom. The molecule has 0 saturated heterocycles. The Bertz CT molecular complexity index is 774. The van der Waals surface area contributed by atoms with Gasteiger partial charge in [0.25, 0.3) is 5.91 Å². The van der Waals surface area contributed by atoms with Crippen LogP contribution in [0.3, 0.4) is 0 Å². The van der Waals surface area contributed by atoms with E-state index in [0.29, 0.717) is 11.3 Å². The Morgan fingerprint density at radius 3 is 2.71 bits per heavy atom. The van der Waals surface area contributed by atoms with Gasteiger partial charge in [-0.3, -0.25) is 4.79 Å². The van der Waals surface area contributed by atoms with E-state index in [-0.39, 0.29) is 17.2 Å². The number of hydrogen-bond donors (Lipinski definition) is 3. The lowest BCUT2D eigenvalue weighted by Crippen LogP contribution is -2.16. The van der Waals surface area contributed by atoms with Crippen LogP contribution in [0.25, 0.3) is 0 Å². The third-order valence-corrected chi connectivity index (χ3v) is 3.29. The summed E-state index contributed by atoms with van der Waals surface area (Å²) in [7, 11) is -3.65. The molecule has 4 N–H and O–H groups in total. The van der Waals surface area contributed by atoms with E-state index in [1.54, 1.807) is 18.2 Å². The van der Waals surface area contributed by atoms with Crippen LogP contribution in [-0.2, 0) is 15.8 Å². The standard InChI is InChI=1S/C13H13N3O4S/c14-21(19,20)8-9-3-1-4-10(7-9)16-13(18)12-11(17)5-2-6-15-12/h1-7,17H,8H2,(H,16,18)(H2,14,19,20). The number of pyridine rings is 1. The number of primary sulfonamides is 1. The summed E-state index contributed by atoms with van der Waals surface area (Å²) in [5, 5.41) is 17.0. The Labute approximate surface area is 121 Å². The van der Waals surface area contributed by atoms with Crippen molar-refractivity contribution in [1.29, 1.82) is 0 Å². The van der Waals surface area contributed by atoms with Crippen molar-refractivity contribution >= 4 is 21.6 Å². The smallest absolute Gasteiger partial charge is 0.278 e. The molecule has 0 bridgehead atoms. The lowest BCUT2D eigenvalue weighted by molar-refractivity contribution is 0.101. The van der Waals surface area contributed by atoms with E-state index in [9.17, 15) is 18.3 Å². The van der Waals surface area contributed by atoms with Crippen molar-refractivity contribution in [2.24, 2.45) is 5.14 Å². The molecule has 1 amide bonds. The number of amides is 1. The van der Waals surface area contributed by atoms with Gasteiger partial charge in [-0.15, -0.1) is 0 Å². The molecule has 7 nitrogen and oxygen atoms in total. The fourth-order valence-electron chi connectivity index (χ4n) is 1.73. The molecule has 0 unspecified atom stereocenters. The Morgan fingerprint density at radius 2 is 2.05 bits per heavy atom. The highest BCUT2D eigenvalue weighted by Gasteiger charge is 2.13. The third-order valence-electron chi connectivity index (χ3n) is 2.55. The number of aromatic hydroxyl groups is 1. The van der Waals surface area contributed by atoms with Gasteiger partial charge in [-0.1, -0.05) is 12.1 Å². The van der Waals surface area contributed by atoms with E-state index in [1.807, 2.05) is 0 Å². The van der Waals surface area contributed by atoms with Gasteiger partial charge >= 0.3 is 0 Å². The van der Waals surface area contributed by atoms with E-state index in [4.69, 9.17) is 5.14 Å². The first-order chi connectivity index (χ1) is 9.85. The maximum atomic E-state index is 12.0. The number of rotatable bonds is 4. The molecule has 0 aliphatic heterocycles. The van der Waals surface area contributed by atoms with Crippen molar-refractivity contribution in [3.8, 4) is 5.75 Å². The Kier molecular flexibility index (Phi) is 4.20. The fraction of sp³-hybridized carbons (Fsp3) is 0.0769. The summed E-state index contributed by atoms with van der Waals surface area (Å²) in [4.78, 5) is 15.7. The van der Waals surface area contributed by atoms with Crippen molar-refractivity contribution in [2.45, 2.75) is 5.75 Å². The van der Waals surface area contributed by atoms with Gasteiger partial charge in [0, 0.05) is 11.9 Å². The first kappa shape index (κ1) is 14.9. The van der Waals surface area contributed by atoms with Gasteiger partial charge in [-0.25, -0.2) is 18.5 Å². The first-order valence-corrected chi connectivity index (χ1v) is 7.61. The van der Waals surface area contributed by atoms with Gasteiger partial charge in [-0.05, 0) is 29.8 Å². The zero-order chi connectivity index (χ0) is 15.5. The SMILES string of the molecule is NS(=O)(=O)Cc1cccc(NC(=O)c2ncccc2O)c1. The molecule has 0 saturated carbocycles. The van der Waals surface area contributed by atoms with E-state index < -0.39 is 15.9 Å². The van der Waals surface area contributed by atoms with Crippen LogP contribution in [0.5, 0.6) is 5.75 Å². The molecule has 110 valence electrons. The van der Waals surface area contributed by atoms with Gasteiger partial charge in [0.15, 0.2) is 5.69 Å².